The van der Waals surface area contributed by atoms with E-state index in [2.05, 4.69) is 14.6 Å². The van der Waals surface area contributed by atoms with E-state index in [0.29, 0.717) is 4.90 Å². The molecule has 1 aliphatic heterocycles. The first-order chi connectivity index (χ1) is 11.1. The van der Waals surface area contributed by atoms with Gasteiger partial charge in [0.1, 0.15) is 0 Å². The van der Waals surface area contributed by atoms with Crippen LogP contribution in [-0.2, 0) is 16.6 Å². The minimum Gasteiger partial charge on any atom is -0.372 e. The normalized spacial score (nSPS) is 15.6. The molecule has 2 aromatic rings. The van der Waals surface area contributed by atoms with Crippen molar-refractivity contribution < 1.29 is 8.42 Å². The highest BCUT2D eigenvalue weighted by Gasteiger charge is 2.15. The molecule has 3 rings (SSSR count). The van der Waals surface area contributed by atoms with E-state index in [1.165, 1.54) is 19.3 Å². The number of pyridine rings is 1. The predicted molar refractivity (Wildman–Crippen MR) is 90.8 cm³/mol. The second kappa shape index (κ2) is 7.10. The lowest BCUT2D eigenvalue weighted by molar-refractivity contribution is 0.576. The van der Waals surface area contributed by atoms with Crippen molar-refractivity contribution in [2.24, 2.45) is 0 Å². The molecule has 1 saturated heterocycles. The molecule has 0 aliphatic carbocycles. The molecule has 23 heavy (non-hydrogen) atoms. The van der Waals surface area contributed by atoms with E-state index in [4.69, 9.17) is 0 Å². The fourth-order valence-corrected chi connectivity index (χ4v) is 3.77. The highest BCUT2D eigenvalue weighted by molar-refractivity contribution is 7.89. The van der Waals surface area contributed by atoms with Crippen molar-refractivity contribution in [1.82, 2.24) is 9.71 Å². The summed E-state index contributed by atoms with van der Waals surface area (Å²) in [6, 6.07) is 10.7. The predicted octanol–water partition coefficient (Wildman–Crippen LogP) is 2.55. The summed E-state index contributed by atoms with van der Waals surface area (Å²) in [6.45, 7) is 2.36. The van der Waals surface area contributed by atoms with Crippen LogP contribution in [0.5, 0.6) is 0 Å². The van der Waals surface area contributed by atoms with Crippen molar-refractivity contribution in [2.45, 2.75) is 30.7 Å². The maximum absolute atomic E-state index is 12.4. The maximum atomic E-state index is 12.4. The highest BCUT2D eigenvalue weighted by Crippen LogP contribution is 2.21. The molecule has 1 aromatic heterocycles. The molecule has 5 nitrogen and oxygen atoms in total. The maximum Gasteiger partial charge on any atom is 0.240 e. The van der Waals surface area contributed by atoms with Crippen molar-refractivity contribution >= 4 is 15.7 Å². The van der Waals surface area contributed by atoms with Gasteiger partial charge in [0.25, 0.3) is 0 Å². The second-order valence-corrected chi connectivity index (χ2v) is 7.49. The Morgan fingerprint density at radius 3 is 2.26 bits per heavy atom. The molecule has 0 spiro atoms. The molecule has 6 heteroatoms. The molecule has 0 amide bonds. The number of hydrogen-bond donors (Lipinski definition) is 1. The number of aromatic nitrogens is 1. The van der Waals surface area contributed by atoms with Gasteiger partial charge in [-0.3, -0.25) is 4.98 Å². The first kappa shape index (κ1) is 16.0. The molecule has 122 valence electrons. The summed E-state index contributed by atoms with van der Waals surface area (Å²) < 4.78 is 27.3. The van der Waals surface area contributed by atoms with E-state index in [-0.39, 0.29) is 6.54 Å². The number of piperidine rings is 1. The number of anilines is 1. The van der Waals surface area contributed by atoms with E-state index >= 15 is 0 Å². The van der Waals surface area contributed by atoms with Crippen LogP contribution in [0, 0.1) is 0 Å². The van der Waals surface area contributed by atoms with E-state index in [0.717, 1.165) is 24.3 Å². The summed E-state index contributed by atoms with van der Waals surface area (Å²) >= 11 is 0. The lowest BCUT2D eigenvalue weighted by Gasteiger charge is -2.28. The van der Waals surface area contributed by atoms with Gasteiger partial charge in [0.05, 0.1) is 4.90 Å². The Morgan fingerprint density at radius 1 is 0.957 bits per heavy atom. The standard InChI is InChI=1S/C17H21N3O2S/c21-23(22,19-14-15-8-10-18-11-9-15)17-6-4-16(5-7-17)20-12-2-1-3-13-20/h4-11,19H,1-3,12-14H2. The smallest absolute Gasteiger partial charge is 0.240 e. The summed E-state index contributed by atoms with van der Waals surface area (Å²) in [5.74, 6) is 0. The van der Waals surface area contributed by atoms with Crippen LogP contribution in [0.25, 0.3) is 0 Å². The zero-order chi connectivity index (χ0) is 16.1. The largest absolute Gasteiger partial charge is 0.372 e. The minimum absolute atomic E-state index is 0.263. The van der Waals surface area contributed by atoms with Gasteiger partial charge < -0.3 is 4.90 Å². The molecular weight excluding hydrogens is 310 g/mol. The number of hydrogen-bond acceptors (Lipinski definition) is 4. The zero-order valence-electron chi connectivity index (χ0n) is 13.0. The Bertz CT molecular complexity index is 724. The lowest BCUT2D eigenvalue weighted by Crippen LogP contribution is -2.29. The summed E-state index contributed by atoms with van der Waals surface area (Å²) in [5.41, 5.74) is 1.98. The van der Waals surface area contributed by atoms with Crippen molar-refractivity contribution in [2.75, 3.05) is 18.0 Å². The monoisotopic (exact) mass is 331 g/mol. The number of nitrogens with one attached hydrogen (secondary N) is 1. The average Bonchev–Trinajstić information content (AvgIpc) is 2.62. The molecule has 0 saturated carbocycles. The molecule has 0 unspecified atom stereocenters. The zero-order valence-corrected chi connectivity index (χ0v) is 13.8. The van der Waals surface area contributed by atoms with Crippen LogP contribution in [0.3, 0.4) is 0 Å². The van der Waals surface area contributed by atoms with Crippen LogP contribution in [-0.4, -0.2) is 26.5 Å². The molecule has 1 fully saturated rings. The number of sulfonamides is 1. The third kappa shape index (κ3) is 4.09. The van der Waals surface area contributed by atoms with Gasteiger partial charge in [-0.15, -0.1) is 0 Å². The van der Waals surface area contributed by atoms with E-state index in [9.17, 15) is 8.42 Å². The summed E-state index contributed by atoms with van der Waals surface area (Å²) in [4.78, 5) is 6.53. The molecule has 1 aliphatic rings. The van der Waals surface area contributed by atoms with Crippen LogP contribution in [0.2, 0.25) is 0 Å². The quantitative estimate of drug-likeness (QED) is 0.914. The minimum atomic E-state index is -3.49. The van der Waals surface area contributed by atoms with Gasteiger partial charge in [-0.05, 0) is 61.2 Å². The third-order valence-electron chi connectivity index (χ3n) is 4.08. The molecule has 2 heterocycles. The lowest BCUT2D eigenvalue weighted by atomic mass is 10.1. The highest BCUT2D eigenvalue weighted by atomic mass is 32.2. The van der Waals surface area contributed by atoms with Gasteiger partial charge in [-0.25, -0.2) is 13.1 Å². The first-order valence-electron chi connectivity index (χ1n) is 7.89. The van der Waals surface area contributed by atoms with Crippen LogP contribution in [0.15, 0.2) is 53.7 Å². The average molecular weight is 331 g/mol. The van der Waals surface area contributed by atoms with E-state index in [1.54, 1.807) is 36.7 Å². The second-order valence-electron chi connectivity index (χ2n) is 5.72. The fraction of sp³-hybridized carbons (Fsp3) is 0.353. The number of benzene rings is 1. The Labute approximate surface area is 137 Å². The van der Waals surface area contributed by atoms with Crippen molar-refractivity contribution in [3.8, 4) is 0 Å². The Balaban J connectivity index is 1.67. The topological polar surface area (TPSA) is 62.3 Å². The molecule has 0 bridgehead atoms. The summed E-state index contributed by atoms with van der Waals surface area (Å²) in [7, 11) is -3.49. The summed E-state index contributed by atoms with van der Waals surface area (Å²) in [5, 5.41) is 0. The van der Waals surface area contributed by atoms with Crippen LogP contribution in [0.4, 0.5) is 5.69 Å². The van der Waals surface area contributed by atoms with Gasteiger partial charge in [-0.2, -0.15) is 0 Å². The number of rotatable bonds is 5. The molecule has 1 aromatic carbocycles. The van der Waals surface area contributed by atoms with Gasteiger partial charge in [0.15, 0.2) is 0 Å². The molecule has 1 N–H and O–H groups in total. The Hall–Kier alpha value is -1.92. The van der Waals surface area contributed by atoms with Crippen LogP contribution >= 0.6 is 0 Å². The molecule has 0 radical (unpaired) electrons. The van der Waals surface area contributed by atoms with E-state index < -0.39 is 10.0 Å². The third-order valence-corrected chi connectivity index (χ3v) is 5.50. The van der Waals surface area contributed by atoms with Gasteiger partial charge in [-0.1, -0.05) is 0 Å². The molecule has 0 atom stereocenters. The van der Waals surface area contributed by atoms with Gasteiger partial charge in [0, 0.05) is 37.7 Å². The first-order valence-corrected chi connectivity index (χ1v) is 9.37. The summed E-state index contributed by atoms with van der Waals surface area (Å²) in [6.07, 6.45) is 6.98. The van der Waals surface area contributed by atoms with Crippen LogP contribution < -0.4 is 9.62 Å². The fourth-order valence-electron chi connectivity index (χ4n) is 2.75. The number of nitrogens with zero attached hydrogens (tertiary/aromatic N) is 2. The van der Waals surface area contributed by atoms with Crippen molar-refractivity contribution in [3.63, 3.8) is 0 Å². The van der Waals surface area contributed by atoms with Crippen molar-refractivity contribution in [1.29, 1.82) is 0 Å². The van der Waals surface area contributed by atoms with Crippen LogP contribution in [0.1, 0.15) is 24.8 Å². The Kier molecular flexibility index (Phi) is 4.93. The molecular formula is C17H21N3O2S. The van der Waals surface area contributed by atoms with Crippen molar-refractivity contribution in [3.05, 3.63) is 54.4 Å². The Morgan fingerprint density at radius 2 is 1.61 bits per heavy atom. The van der Waals surface area contributed by atoms with Gasteiger partial charge in [0.2, 0.25) is 10.0 Å². The van der Waals surface area contributed by atoms with E-state index in [1.807, 2.05) is 12.1 Å². The SMILES string of the molecule is O=S(=O)(NCc1ccncc1)c1ccc(N2CCCCC2)cc1. The van der Waals surface area contributed by atoms with Gasteiger partial charge >= 0.3 is 0 Å².